The van der Waals surface area contributed by atoms with Crippen LogP contribution in [0.5, 0.6) is 0 Å². The highest BCUT2D eigenvalue weighted by Gasteiger charge is 2.26. The highest BCUT2D eigenvalue weighted by molar-refractivity contribution is 6.33. The summed E-state index contributed by atoms with van der Waals surface area (Å²) in [7, 11) is 0. The number of carbonyl (C=O) groups excluding carboxylic acids is 2. The molecule has 0 radical (unpaired) electrons. The summed E-state index contributed by atoms with van der Waals surface area (Å²) < 4.78 is 6.88. The number of aromatic nitrogens is 2. The normalized spacial score (nSPS) is 13.9. The van der Waals surface area contributed by atoms with E-state index in [4.69, 9.17) is 16.0 Å². The molecular formula is C23H23ClN6O5. The van der Waals surface area contributed by atoms with E-state index in [1.165, 1.54) is 10.7 Å². The van der Waals surface area contributed by atoms with Crippen molar-refractivity contribution in [1.29, 1.82) is 0 Å². The summed E-state index contributed by atoms with van der Waals surface area (Å²) in [6.45, 7) is 3.40. The number of amides is 2. The maximum absolute atomic E-state index is 12.5. The summed E-state index contributed by atoms with van der Waals surface area (Å²) >= 11 is 5.95. The molecule has 2 amide bonds. The van der Waals surface area contributed by atoms with Gasteiger partial charge in [-0.15, -0.1) is 0 Å². The number of hydrazone groups is 1. The predicted molar refractivity (Wildman–Crippen MR) is 129 cm³/mol. The Kier molecular flexibility index (Phi) is 6.97. The Hall–Kier alpha value is -3.99. The summed E-state index contributed by atoms with van der Waals surface area (Å²) in [5.41, 5.74) is 4.81. The first kappa shape index (κ1) is 24.1. The first-order valence-corrected chi connectivity index (χ1v) is 11.3. The van der Waals surface area contributed by atoms with Crippen molar-refractivity contribution in [3.63, 3.8) is 0 Å². The molecule has 12 heteroatoms. The minimum absolute atomic E-state index is 0.0171. The van der Waals surface area contributed by atoms with Gasteiger partial charge in [-0.2, -0.15) is 9.78 Å². The number of nitrogens with zero attached hydrogens (tertiary/aromatic N) is 4. The van der Waals surface area contributed by atoms with Crippen molar-refractivity contribution in [2.24, 2.45) is 11.0 Å². The maximum Gasteiger partial charge on any atom is 0.408 e. The summed E-state index contributed by atoms with van der Waals surface area (Å²) in [5.74, 6) is -0.523. The van der Waals surface area contributed by atoms with Crippen LogP contribution in [-0.4, -0.2) is 32.2 Å². The van der Waals surface area contributed by atoms with Crippen molar-refractivity contribution in [2.75, 3.05) is 5.32 Å². The van der Waals surface area contributed by atoms with Gasteiger partial charge >= 0.3 is 11.7 Å². The molecule has 1 aromatic carbocycles. The summed E-state index contributed by atoms with van der Waals surface area (Å²) in [6, 6.07) is 10.3. The molecule has 0 saturated heterocycles. The van der Waals surface area contributed by atoms with Crippen LogP contribution in [0.15, 0.2) is 45.9 Å². The number of furan rings is 1. The Labute approximate surface area is 205 Å². The van der Waals surface area contributed by atoms with Crippen molar-refractivity contribution in [3.05, 3.63) is 74.3 Å². The molecule has 0 bridgehead atoms. The average molecular weight is 499 g/mol. The fourth-order valence-corrected chi connectivity index (χ4v) is 3.71. The Morgan fingerprint density at radius 2 is 2.09 bits per heavy atom. The molecular weight excluding hydrogens is 476 g/mol. The van der Waals surface area contributed by atoms with E-state index in [0.717, 1.165) is 24.8 Å². The fraction of sp³-hybridized carbons (Fsp3) is 0.304. The molecule has 0 unspecified atom stereocenters. The summed E-state index contributed by atoms with van der Waals surface area (Å²) in [4.78, 5) is 35.0. The highest BCUT2D eigenvalue weighted by Crippen LogP contribution is 2.28. The van der Waals surface area contributed by atoms with Gasteiger partial charge in [0.05, 0.1) is 16.5 Å². The number of nitro groups is 1. The molecule has 2 N–H and O–H groups in total. The molecule has 3 aromatic rings. The third-order valence-electron chi connectivity index (χ3n) is 5.83. The van der Waals surface area contributed by atoms with Crippen molar-refractivity contribution in [3.8, 4) is 0 Å². The molecule has 11 nitrogen and oxygen atoms in total. The lowest BCUT2D eigenvalue weighted by molar-refractivity contribution is -0.389. The number of halogens is 1. The van der Waals surface area contributed by atoms with Gasteiger partial charge in [0.25, 0.3) is 0 Å². The number of nitrogens with one attached hydrogen (secondary N) is 2. The van der Waals surface area contributed by atoms with Crippen LogP contribution in [0.4, 0.5) is 11.5 Å². The van der Waals surface area contributed by atoms with Gasteiger partial charge in [-0.25, -0.2) is 5.43 Å². The van der Waals surface area contributed by atoms with Gasteiger partial charge in [-0.05, 0) is 61.4 Å². The van der Waals surface area contributed by atoms with Crippen LogP contribution in [-0.2, 0) is 11.3 Å². The molecule has 1 saturated carbocycles. The van der Waals surface area contributed by atoms with Gasteiger partial charge in [-0.3, -0.25) is 9.59 Å². The van der Waals surface area contributed by atoms with Gasteiger partial charge in [0.15, 0.2) is 10.8 Å². The molecule has 2 aromatic heterocycles. The zero-order valence-corrected chi connectivity index (χ0v) is 19.8. The highest BCUT2D eigenvalue weighted by atomic mass is 35.5. The van der Waals surface area contributed by atoms with Gasteiger partial charge in [-0.1, -0.05) is 30.2 Å². The third kappa shape index (κ3) is 5.40. The second kappa shape index (κ2) is 10.1. The number of hydrogen-bond donors (Lipinski definition) is 2. The standard InChI is InChI=1S/C23H23ClN6O5/c1-13(16-7-4-8-17(11-16)25-22(31)15-5-3-6-15)26-27-23(32)19-10-9-18(35-19)12-29-14(2)20(24)21(28-29)30(33)34/h4,7-11,15H,3,5-6,12H2,1-2H3,(H,25,31)(H,27,32). The number of benzene rings is 1. The van der Waals surface area contributed by atoms with E-state index in [0.29, 0.717) is 22.9 Å². The van der Waals surface area contributed by atoms with E-state index >= 15 is 0 Å². The van der Waals surface area contributed by atoms with Crippen LogP contribution >= 0.6 is 11.6 Å². The van der Waals surface area contributed by atoms with Crippen LogP contribution in [0.2, 0.25) is 5.02 Å². The van der Waals surface area contributed by atoms with Crippen molar-refractivity contribution in [2.45, 2.75) is 39.7 Å². The second-order valence-corrected chi connectivity index (χ2v) is 8.62. The van der Waals surface area contributed by atoms with Crippen LogP contribution in [0.1, 0.15) is 53.8 Å². The first-order chi connectivity index (χ1) is 16.7. The quantitative estimate of drug-likeness (QED) is 0.269. The molecule has 0 atom stereocenters. The lowest BCUT2D eigenvalue weighted by Gasteiger charge is -2.24. The van der Waals surface area contributed by atoms with Crippen LogP contribution in [0, 0.1) is 23.0 Å². The zero-order chi connectivity index (χ0) is 25.1. The zero-order valence-electron chi connectivity index (χ0n) is 19.1. The molecule has 4 rings (SSSR count). The average Bonchev–Trinajstić information content (AvgIpc) is 3.36. The van der Waals surface area contributed by atoms with E-state index in [9.17, 15) is 19.7 Å². The van der Waals surface area contributed by atoms with Gasteiger partial charge < -0.3 is 19.8 Å². The molecule has 1 aliphatic rings. The lowest BCUT2D eigenvalue weighted by atomic mass is 9.85. The topological polar surface area (TPSA) is 145 Å². The monoisotopic (exact) mass is 498 g/mol. The SMILES string of the molecule is CC(=NNC(=O)c1ccc(Cn2nc([N+](=O)[O-])c(Cl)c2C)o1)c1cccc(NC(=O)C2CCC2)c1. The summed E-state index contributed by atoms with van der Waals surface area (Å²) in [5, 5.41) is 21.9. The first-order valence-electron chi connectivity index (χ1n) is 10.9. The lowest BCUT2D eigenvalue weighted by Crippen LogP contribution is -2.28. The number of rotatable bonds is 8. The van der Waals surface area contributed by atoms with E-state index < -0.39 is 16.6 Å². The Balaban J connectivity index is 1.38. The summed E-state index contributed by atoms with van der Waals surface area (Å²) in [6.07, 6.45) is 2.92. The van der Waals surface area contributed by atoms with Gasteiger partial charge in [0.2, 0.25) is 5.91 Å². The Morgan fingerprint density at radius 3 is 2.74 bits per heavy atom. The number of anilines is 1. The molecule has 0 spiro atoms. The maximum atomic E-state index is 12.5. The fourth-order valence-electron chi connectivity index (χ4n) is 3.50. The molecule has 182 valence electrons. The van der Waals surface area contributed by atoms with Gasteiger partial charge in [0, 0.05) is 11.6 Å². The second-order valence-electron chi connectivity index (χ2n) is 8.24. The number of carbonyl (C=O) groups is 2. The Morgan fingerprint density at radius 1 is 1.31 bits per heavy atom. The van der Waals surface area contributed by atoms with E-state index in [1.54, 1.807) is 38.1 Å². The van der Waals surface area contributed by atoms with E-state index in [1.807, 2.05) is 6.07 Å². The molecule has 1 aliphatic carbocycles. The van der Waals surface area contributed by atoms with Crippen LogP contribution in [0.3, 0.4) is 0 Å². The predicted octanol–water partition coefficient (Wildman–Crippen LogP) is 4.29. The van der Waals surface area contributed by atoms with Crippen LogP contribution < -0.4 is 10.7 Å². The molecule has 2 heterocycles. The molecule has 1 fully saturated rings. The van der Waals surface area contributed by atoms with Crippen molar-refractivity contribution in [1.82, 2.24) is 15.2 Å². The van der Waals surface area contributed by atoms with Crippen molar-refractivity contribution < 1.29 is 18.9 Å². The number of hydrogen-bond acceptors (Lipinski definition) is 7. The van der Waals surface area contributed by atoms with Crippen LogP contribution in [0.25, 0.3) is 0 Å². The van der Waals surface area contributed by atoms with Crippen molar-refractivity contribution >= 4 is 40.6 Å². The smallest absolute Gasteiger partial charge is 0.408 e. The largest absolute Gasteiger partial charge is 0.454 e. The molecule has 35 heavy (non-hydrogen) atoms. The van der Waals surface area contributed by atoms with E-state index in [2.05, 4.69) is 20.9 Å². The minimum Gasteiger partial charge on any atom is -0.454 e. The van der Waals surface area contributed by atoms with E-state index in [-0.39, 0.29) is 29.2 Å². The van der Waals surface area contributed by atoms with Gasteiger partial charge in [0.1, 0.15) is 12.3 Å². The third-order valence-corrected chi connectivity index (χ3v) is 6.27. The molecule has 0 aliphatic heterocycles. The Bertz CT molecular complexity index is 1320. The minimum atomic E-state index is -0.662.